The van der Waals surface area contributed by atoms with Crippen molar-refractivity contribution in [3.8, 4) is 0 Å². The van der Waals surface area contributed by atoms with Crippen molar-refractivity contribution in [3.05, 3.63) is 6.42 Å². The van der Waals surface area contributed by atoms with Crippen molar-refractivity contribution >= 4 is 5.97 Å². The van der Waals surface area contributed by atoms with Gasteiger partial charge in [0.1, 0.15) is 0 Å². The molecule has 0 saturated heterocycles. The van der Waals surface area contributed by atoms with Gasteiger partial charge < -0.3 is 4.74 Å². The maximum absolute atomic E-state index is 10.3. The maximum atomic E-state index is 10.3. The van der Waals surface area contributed by atoms with Crippen LogP contribution in [0.4, 0.5) is 0 Å². The van der Waals surface area contributed by atoms with Gasteiger partial charge in [0.15, 0.2) is 0 Å². The van der Waals surface area contributed by atoms with Crippen LogP contribution in [0.25, 0.3) is 0 Å². The van der Waals surface area contributed by atoms with Gasteiger partial charge in [-0.15, -0.1) is 0 Å². The highest BCUT2D eigenvalue weighted by atomic mass is 16.5. The zero-order valence-electron chi connectivity index (χ0n) is 5.47. The van der Waals surface area contributed by atoms with Crippen molar-refractivity contribution in [2.24, 2.45) is 5.92 Å². The van der Waals surface area contributed by atoms with Crippen LogP contribution >= 0.6 is 0 Å². The lowest BCUT2D eigenvalue weighted by atomic mass is 10.1. The SMILES string of the molecule is COC(=O)[CH]C(C)C. The highest BCUT2D eigenvalue weighted by molar-refractivity contribution is 5.78. The normalized spacial score (nSPS) is 9.50. The Morgan fingerprint density at radius 3 is 2.25 bits per heavy atom. The van der Waals surface area contributed by atoms with E-state index in [-0.39, 0.29) is 11.9 Å². The van der Waals surface area contributed by atoms with Gasteiger partial charge in [-0.1, -0.05) is 13.8 Å². The van der Waals surface area contributed by atoms with Gasteiger partial charge in [0.2, 0.25) is 0 Å². The molecule has 1 radical (unpaired) electrons. The summed E-state index contributed by atoms with van der Waals surface area (Å²) in [5.41, 5.74) is 0. The van der Waals surface area contributed by atoms with Crippen LogP contribution in [-0.4, -0.2) is 13.1 Å². The molecule has 0 spiro atoms. The molecule has 0 heterocycles. The number of hydrogen-bond acceptors (Lipinski definition) is 2. The summed E-state index contributed by atoms with van der Waals surface area (Å²) in [7, 11) is 1.38. The van der Waals surface area contributed by atoms with E-state index in [0.29, 0.717) is 0 Å². The standard InChI is InChI=1S/C6H11O2/c1-5(2)4-6(7)8-3/h4-5H,1-3H3. The Morgan fingerprint density at radius 1 is 1.62 bits per heavy atom. The van der Waals surface area contributed by atoms with Crippen molar-refractivity contribution in [3.63, 3.8) is 0 Å². The third kappa shape index (κ3) is 3.65. The first-order valence-electron chi connectivity index (χ1n) is 2.59. The second-order valence-electron chi connectivity index (χ2n) is 1.93. The van der Waals surface area contributed by atoms with Crippen LogP contribution in [0.5, 0.6) is 0 Å². The molecule has 0 bridgehead atoms. The van der Waals surface area contributed by atoms with E-state index in [1.165, 1.54) is 13.5 Å². The highest BCUT2D eigenvalue weighted by Gasteiger charge is 2.02. The topological polar surface area (TPSA) is 26.3 Å². The Kier molecular flexibility index (Phi) is 3.24. The molecule has 0 atom stereocenters. The summed E-state index contributed by atoms with van der Waals surface area (Å²) >= 11 is 0. The monoisotopic (exact) mass is 115 g/mol. The van der Waals surface area contributed by atoms with E-state index in [1.807, 2.05) is 13.8 Å². The van der Waals surface area contributed by atoms with E-state index < -0.39 is 0 Å². The number of methoxy groups -OCH3 is 1. The Balaban J connectivity index is 3.25. The third-order valence-corrected chi connectivity index (χ3v) is 0.671. The molecule has 0 aromatic rings. The number of hydrogen-bond donors (Lipinski definition) is 0. The summed E-state index contributed by atoms with van der Waals surface area (Å²) in [4.78, 5) is 10.3. The molecule has 0 amide bonds. The number of carbonyl (C=O) groups excluding carboxylic acids is 1. The molecule has 0 aliphatic heterocycles. The van der Waals surface area contributed by atoms with E-state index in [2.05, 4.69) is 4.74 Å². The Bertz CT molecular complexity index is 76.6. The van der Waals surface area contributed by atoms with Crippen molar-refractivity contribution in [2.45, 2.75) is 13.8 Å². The van der Waals surface area contributed by atoms with Gasteiger partial charge in [0.05, 0.1) is 13.5 Å². The molecular weight excluding hydrogens is 104 g/mol. The van der Waals surface area contributed by atoms with Crippen LogP contribution in [0, 0.1) is 12.3 Å². The smallest absolute Gasteiger partial charge is 0.309 e. The van der Waals surface area contributed by atoms with Gasteiger partial charge in [-0.3, -0.25) is 4.79 Å². The molecule has 47 valence electrons. The third-order valence-electron chi connectivity index (χ3n) is 0.671. The van der Waals surface area contributed by atoms with Gasteiger partial charge in [0.25, 0.3) is 0 Å². The minimum atomic E-state index is -0.250. The summed E-state index contributed by atoms with van der Waals surface area (Å²) < 4.78 is 4.37. The molecule has 0 aliphatic carbocycles. The van der Waals surface area contributed by atoms with Gasteiger partial charge in [0, 0.05) is 0 Å². The van der Waals surface area contributed by atoms with Gasteiger partial charge in [-0.05, 0) is 5.92 Å². The zero-order chi connectivity index (χ0) is 6.57. The number of ether oxygens (including phenoxy) is 1. The molecule has 0 aromatic heterocycles. The fourth-order valence-electron chi connectivity index (χ4n) is 0.340. The van der Waals surface area contributed by atoms with Crippen molar-refractivity contribution < 1.29 is 9.53 Å². The average Bonchev–Trinajstić information content (AvgIpc) is 1.65. The van der Waals surface area contributed by atoms with Crippen LogP contribution in [0.15, 0.2) is 0 Å². The molecule has 8 heavy (non-hydrogen) atoms. The highest BCUT2D eigenvalue weighted by Crippen LogP contribution is 1.97. The summed E-state index contributed by atoms with van der Waals surface area (Å²) in [6.07, 6.45) is 1.53. The molecule has 2 nitrogen and oxygen atoms in total. The Morgan fingerprint density at radius 2 is 2.12 bits per heavy atom. The molecular formula is C6H11O2. The molecule has 0 aromatic carbocycles. The summed E-state index contributed by atoms with van der Waals surface area (Å²) in [6, 6.07) is 0. The Labute approximate surface area is 49.8 Å². The number of carbonyl (C=O) groups is 1. The van der Waals surface area contributed by atoms with Crippen molar-refractivity contribution in [1.29, 1.82) is 0 Å². The number of rotatable bonds is 2. The summed E-state index contributed by atoms with van der Waals surface area (Å²) in [6.45, 7) is 3.86. The average molecular weight is 115 g/mol. The lowest BCUT2D eigenvalue weighted by Gasteiger charge is -1.98. The lowest BCUT2D eigenvalue weighted by Crippen LogP contribution is -2.04. The van der Waals surface area contributed by atoms with Crippen LogP contribution in [0.1, 0.15) is 13.8 Å². The first-order chi connectivity index (χ1) is 3.66. The molecule has 0 saturated carbocycles. The minimum Gasteiger partial charge on any atom is -0.469 e. The quantitative estimate of drug-likeness (QED) is 0.502. The maximum Gasteiger partial charge on any atom is 0.309 e. The van der Waals surface area contributed by atoms with E-state index in [1.54, 1.807) is 0 Å². The largest absolute Gasteiger partial charge is 0.469 e. The first-order valence-corrected chi connectivity index (χ1v) is 2.59. The van der Waals surface area contributed by atoms with E-state index in [0.717, 1.165) is 0 Å². The predicted octanol–water partition coefficient (Wildman–Crippen LogP) is 1.02. The van der Waals surface area contributed by atoms with Crippen LogP contribution in [0.3, 0.4) is 0 Å². The second kappa shape index (κ2) is 3.47. The lowest BCUT2D eigenvalue weighted by molar-refractivity contribution is -0.137. The fourth-order valence-corrected chi connectivity index (χ4v) is 0.340. The molecule has 2 heteroatoms. The summed E-state index contributed by atoms with van der Waals surface area (Å²) in [5.74, 6) is 0.0300. The molecule has 0 N–H and O–H groups in total. The van der Waals surface area contributed by atoms with E-state index in [4.69, 9.17) is 0 Å². The Hall–Kier alpha value is -0.530. The first kappa shape index (κ1) is 7.47. The van der Waals surface area contributed by atoms with Gasteiger partial charge in [-0.25, -0.2) is 0 Å². The molecule has 0 unspecified atom stereocenters. The molecule has 0 aliphatic rings. The van der Waals surface area contributed by atoms with Gasteiger partial charge >= 0.3 is 5.97 Å². The zero-order valence-corrected chi connectivity index (χ0v) is 5.47. The van der Waals surface area contributed by atoms with Crippen LogP contribution < -0.4 is 0 Å². The second-order valence-corrected chi connectivity index (χ2v) is 1.93. The van der Waals surface area contributed by atoms with Crippen molar-refractivity contribution in [2.75, 3.05) is 7.11 Å². The van der Waals surface area contributed by atoms with Crippen LogP contribution in [0.2, 0.25) is 0 Å². The fraction of sp³-hybridized carbons (Fsp3) is 0.667. The predicted molar refractivity (Wildman–Crippen MR) is 31.2 cm³/mol. The van der Waals surface area contributed by atoms with E-state index in [9.17, 15) is 4.79 Å². The van der Waals surface area contributed by atoms with Gasteiger partial charge in [-0.2, -0.15) is 0 Å². The van der Waals surface area contributed by atoms with Crippen LogP contribution in [-0.2, 0) is 9.53 Å². The molecule has 0 rings (SSSR count). The van der Waals surface area contributed by atoms with E-state index >= 15 is 0 Å². The molecule has 0 fully saturated rings. The summed E-state index contributed by atoms with van der Waals surface area (Å²) in [5, 5.41) is 0. The number of esters is 1. The minimum absolute atomic E-state index is 0.250. The van der Waals surface area contributed by atoms with Crippen molar-refractivity contribution in [1.82, 2.24) is 0 Å².